The van der Waals surface area contributed by atoms with E-state index in [1.807, 2.05) is 0 Å². The van der Waals surface area contributed by atoms with Gasteiger partial charge >= 0.3 is 0 Å². The van der Waals surface area contributed by atoms with E-state index in [9.17, 15) is 20.4 Å². The molecule has 0 radical (unpaired) electrons. The summed E-state index contributed by atoms with van der Waals surface area (Å²) in [4.78, 5) is 7.91. The normalized spacial score (nSPS) is 17.5. The number of hydrogen-bond donors (Lipinski definition) is 6. The Morgan fingerprint density at radius 1 is 0.950 bits per heavy atom. The van der Waals surface area contributed by atoms with Crippen molar-refractivity contribution >= 4 is 0 Å². The molecule has 20 heavy (non-hydrogen) atoms. The summed E-state index contributed by atoms with van der Waals surface area (Å²) in [7, 11) is 0. The molecule has 0 aliphatic carbocycles. The van der Waals surface area contributed by atoms with Gasteiger partial charge in [0.1, 0.15) is 18.3 Å². The van der Waals surface area contributed by atoms with E-state index in [4.69, 9.17) is 10.2 Å². The fraction of sp³-hybridized carbons (Fsp3) is 0.667. The monoisotopic (exact) mass is 288 g/mol. The fourth-order valence-corrected chi connectivity index (χ4v) is 1.55. The number of aromatic nitrogens is 2. The molecule has 0 amide bonds. The first-order valence-corrected chi connectivity index (χ1v) is 6.24. The molecule has 0 aliphatic rings. The van der Waals surface area contributed by atoms with Crippen molar-refractivity contribution in [3.63, 3.8) is 0 Å². The standard InChI is InChI=1S/C12H20N2O6/c15-5-8(17)2-1-7-3-14-9(4-13-7)11(19)12(20)10(18)6-16/h3-4,8,10-12,15-20H,1-2,5-6H2. The van der Waals surface area contributed by atoms with Crippen LogP contribution >= 0.6 is 0 Å². The molecule has 0 aromatic carbocycles. The van der Waals surface area contributed by atoms with E-state index in [0.717, 1.165) is 0 Å². The molecule has 8 heteroatoms. The maximum atomic E-state index is 9.74. The average molecular weight is 288 g/mol. The van der Waals surface area contributed by atoms with Gasteiger partial charge in [-0.3, -0.25) is 9.97 Å². The molecular formula is C12H20N2O6. The molecular weight excluding hydrogens is 268 g/mol. The van der Waals surface area contributed by atoms with Gasteiger partial charge in [0.15, 0.2) is 0 Å². The van der Waals surface area contributed by atoms with Crippen molar-refractivity contribution in [1.82, 2.24) is 9.97 Å². The van der Waals surface area contributed by atoms with Gasteiger partial charge in [0.2, 0.25) is 0 Å². The largest absolute Gasteiger partial charge is 0.394 e. The number of hydrogen-bond acceptors (Lipinski definition) is 8. The highest BCUT2D eigenvalue weighted by atomic mass is 16.4. The Kier molecular flexibility index (Phi) is 6.93. The van der Waals surface area contributed by atoms with Gasteiger partial charge in [-0.15, -0.1) is 0 Å². The minimum absolute atomic E-state index is 0.0662. The summed E-state index contributed by atoms with van der Waals surface area (Å²) >= 11 is 0. The maximum absolute atomic E-state index is 9.74. The van der Waals surface area contributed by atoms with Gasteiger partial charge in [0.25, 0.3) is 0 Å². The first-order chi connectivity index (χ1) is 9.49. The highest BCUT2D eigenvalue weighted by Gasteiger charge is 2.26. The quantitative estimate of drug-likeness (QED) is 0.308. The third-order valence-corrected chi connectivity index (χ3v) is 2.88. The summed E-state index contributed by atoms with van der Waals surface area (Å²) < 4.78 is 0. The SMILES string of the molecule is OCC(O)CCc1cnc(C(O)C(O)C(O)CO)cn1. The lowest BCUT2D eigenvalue weighted by molar-refractivity contribution is -0.0790. The summed E-state index contributed by atoms with van der Waals surface area (Å²) in [6, 6.07) is 0. The fourth-order valence-electron chi connectivity index (χ4n) is 1.55. The molecule has 0 spiro atoms. The van der Waals surface area contributed by atoms with Crippen LogP contribution in [-0.2, 0) is 6.42 Å². The predicted octanol–water partition coefficient (Wildman–Crippen LogP) is -2.49. The van der Waals surface area contributed by atoms with Crippen LogP contribution in [0.3, 0.4) is 0 Å². The zero-order chi connectivity index (χ0) is 15.1. The maximum Gasteiger partial charge on any atom is 0.126 e. The Hall–Kier alpha value is -1.16. The van der Waals surface area contributed by atoms with E-state index in [2.05, 4.69) is 9.97 Å². The van der Waals surface area contributed by atoms with Crippen molar-refractivity contribution in [1.29, 1.82) is 0 Å². The Morgan fingerprint density at radius 3 is 2.15 bits per heavy atom. The van der Waals surface area contributed by atoms with E-state index in [-0.39, 0.29) is 12.3 Å². The van der Waals surface area contributed by atoms with Crippen LogP contribution in [0, 0.1) is 0 Å². The van der Waals surface area contributed by atoms with E-state index in [1.54, 1.807) is 0 Å². The summed E-state index contributed by atoms with van der Waals surface area (Å²) in [6.07, 6.45) is -1.93. The highest BCUT2D eigenvalue weighted by molar-refractivity contribution is 5.07. The zero-order valence-electron chi connectivity index (χ0n) is 10.9. The second-order valence-corrected chi connectivity index (χ2v) is 4.49. The number of aryl methyl sites for hydroxylation is 1. The Labute approximate surface area is 116 Å². The molecule has 1 aromatic rings. The second kappa shape index (κ2) is 8.20. The summed E-state index contributed by atoms with van der Waals surface area (Å²) in [6.45, 7) is -1.00. The van der Waals surface area contributed by atoms with Crippen LogP contribution in [-0.4, -0.2) is 72.1 Å². The first kappa shape index (κ1) is 16.9. The molecule has 1 rings (SSSR count). The van der Waals surface area contributed by atoms with Crippen LogP contribution in [0.2, 0.25) is 0 Å². The summed E-state index contributed by atoms with van der Waals surface area (Å²) in [5, 5.41) is 55.1. The number of rotatable bonds is 8. The molecule has 8 nitrogen and oxygen atoms in total. The predicted molar refractivity (Wildman–Crippen MR) is 67.5 cm³/mol. The molecule has 114 valence electrons. The van der Waals surface area contributed by atoms with Crippen LogP contribution in [0.4, 0.5) is 0 Å². The lowest BCUT2D eigenvalue weighted by atomic mass is 10.1. The van der Waals surface area contributed by atoms with E-state index >= 15 is 0 Å². The van der Waals surface area contributed by atoms with Gasteiger partial charge < -0.3 is 30.6 Å². The molecule has 0 saturated heterocycles. The van der Waals surface area contributed by atoms with Crippen LogP contribution in [0.15, 0.2) is 12.4 Å². The Morgan fingerprint density at radius 2 is 1.65 bits per heavy atom. The molecule has 0 bridgehead atoms. The topological polar surface area (TPSA) is 147 Å². The van der Waals surface area contributed by atoms with Crippen molar-refractivity contribution in [2.75, 3.05) is 13.2 Å². The Bertz CT molecular complexity index is 388. The molecule has 0 saturated carbocycles. The smallest absolute Gasteiger partial charge is 0.126 e. The molecule has 4 unspecified atom stereocenters. The van der Waals surface area contributed by atoms with Gasteiger partial charge in [0.05, 0.1) is 36.9 Å². The lowest BCUT2D eigenvalue weighted by Gasteiger charge is -2.20. The van der Waals surface area contributed by atoms with Gasteiger partial charge in [0, 0.05) is 6.20 Å². The average Bonchev–Trinajstić information content (AvgIpc) is 2.50. The van der Waals surface area contributed by atoms with Crippen molar-refractivity contribution in [2.45, 2.75) is 37.3 Å². The molecule has 1 heterocycles. The summed E-state index contributed by atoms with van der Waals surface area (Å²) in [5.74, 6) is 0. The van der Waals surface area contributed by atoms with Gasteiger partial charge in [-0.1, -0.05) is 0 Å². The minimum atomic E-state index is -1.56. The van der Waals surface area contributed by atoms with Crippen molar-refractivity contribution in [3.8, 4) is 0 Å². The van der Waals surface area contributed by atoms with Gasteiger partial charge in [-0.05, 0) is 12.8 Å². The Balaban J connectivity index is 2.61. The van der Waals surface area contributed by atoms with E-state index in [0.29, 0.717) is 18.5 Å². The van der Waals surface area contributed by atoms with E-state index in [1.165, 1.54) is 12.4 Å². The number of aliphatic hydroxyl groups excluding tert-OH is 6. The van der Waals surface area contributed by atoms with Crippen molar-refractivity contribution in [3.05, 3.63) is 23.8 Å². The summed E-state index contributed by atoms with van der Waals surface area (Å²) in [5.41, 5.74) is 0.627. The zero-order valence-corrected chi connectivity index (χ0v) is 10.9. The van der Waals surface area contributed by atoms with Crippen molar-refractivity contribution in [2.24, 2.45) is 0 Å². The third-order valence-electron chi connectivity index (χ3n) is 2.88. The van der Waals surface area contributed by atoms with E-state index < -0.39 is 31.0 Å². The number of aliphatic hydroxyl groups is 6. The molecule has 4 atom stereocenters. The van der Waals surface area contributed by atoms with Crippen molar-refractivity contribution < 1.29 is 30.6 Å². The molecule has 1 aromatic heterocycles. The molecule has 0 aliphatic heterocycles. The number of nitrogens with zero attached hydrogens (tertiary/aromatic N) is 2. The third kappa shape index (κ3) is 4.75. The van der Waals surface area contributed by atoms with Crippen LogP contribution in [0.1, 0.15) is 23.9 Å². The van der Waals surface area contributed by atoms with Crippen LogP contribution in [0.5, 0.6) is 0 Å². The lowest BCUT2D eigenvalue weighted by Crippen LogP contribution is -2.35. The van der Waals surface area contributed by atoms with Crippen LogP contribution < -0.4 is 0 Å². The van der Waals surface area contributed by atoms with Crippen LogP contribution in [0.25, 0.3) is 0 Å². The molecule has 0 fully saturated rings. The van der Waals surface area contributed by atoms with Gasteiger partial charge in [-0.25, -0.2) is 0 Å². The highest BCUT2D eigenvalue weighted by Crippen LogP contribution is 2.16. The second-order valence-electron chi connectivity index (χ2n) is 4.49. The minimum Gasteiger partial charge on any atom is -0.394 e. The van der Waals surface area contributed by atoms with Gasteiger partial charge in [-0.2, -0.15) is 0 Å². The molecule has 6 N–H and O–H groups in total. The first-order valence-electron chi connectivity index (χ1n) is 6.24.